The van der Waals surface area contributed by atoms with E-state index in [2.05, 4.69) is 19.9 Å². The van der Waals surface area contributed by atoms with Crippen molar-refractivity contribution in [3.63, 3.8) is 0 Å². The molecule has 2 radical (unpaired) electrons. The van der Waals surface area contributed by atoms with Gasteiger partial charge in [0.15, 0.2) is 0 Å². The lowest BCUT2D eigenvalue weighted by Crippen LogP contribution is -2.15. The zero-order valence-electron chi connectivity index (χ0n) is 12.1. The van der Waals surface area contributed by atoms with Crippen LogP contribution in [0.2, 0.25) is 0 Å². The van der Waals surface area contributed by atoms with Gasteiger partial charge in [-0.25, -0.2) is 0 Å². The minimum atomic E-state index is 0.0852. The van der Waals surface area contributed by atoms with E-state index in [4.69, 9.17) is 10.00 Å². The van der Waals surface area contributed by atoms with E-state index in [0.29, 0.717) is 5.56 Å². The summed E-state index contributed by atoms with van der Waals surface area (Å²) in [5, 5.41) is 8.88. The maximum absolute atomic E-state index is 8.88. The van der Waals surface area contributed by atoms with Crippen molar-refractivity contribution in [2.75, 3.05) is 0 Å². The summed E-state index contributed by atoms with van der Waals surface area (Å²) in [6.07, 6.45) is 2.53. The van der Waals surface area contributed by atoms with Crippen LogP contribution >= 0.6 is 0 Å². The van der Waals surface area contributed by atoms with Gasteiger partial charge in [0.05, 0.1) is 17.7 Å². The van der Waals surface area contributed by atoms with E-state index >= 15 is 0 Å². The number of benzene rings is 2. The van der Waals surface area contributed by atoms with Crippen molar-refractivity contribution in [3.8, 4) is 22.9 Å². The number of hydrogen-bond donors (Lipinski definition) is 0. The second kappa shape index (κ2) is 7.50. The fourth-order valence-electron chi connectivity index (χ4n) is 2.20. The van der Waals surface area contributed by atoms with Gasteiger partial charge < -0.3 is 4.74 Å². The average molecular weight is 277 g/mol. The van der Waals surface area contributed by atoms with Crippen LogP contribution < -0.4 is 4.74 Å². The van der Waals surface area contributed by atoms with Crippen LogP contribution in [0.5, 0.6) is 5.75 Å². The molecule has 0 spiro atoms. The molecule has 2 aromatic carbocycles. The normalized spacial score (nSPS) is 11.7. The predicted molar refractivity (Wildman–Crippen MR) is 85.6 cm³/mol. The number of nitrogens with zero attached hydrogens (tertiary/aromatic N) is 1. The van der Waals surface area contributed by atoms with E-state index in [1.165, 1.54) is 0 Å². The zero-order valence-corrected chi connectivity index (χ0v) is 12.1. The first kappa shape index (κ1) is 15.1. The smallest absolute Gasteiger partial charge is 0.127 e. The first-order valence-corrected chi connectivity index (χ1v) is 7.13. The lowest BCUT2D eigenvalue weighted by atomic mass is 10.0. The zero-order chi connectivity index (χ0) is 15.1. The summed E-state index contributed by atoms with van der Waals surface area (Å²) in [6.45, 7) is 7.81. The van der Waals surface area contributed by atoms with Gasteiger partial charge in [0, 0.05) is 5.56 Å². The van der Waals surface area contributed by atoms with Crippen LogP contribution in [0.1, 0.15) is 24.8 Å². The molecule has 2 rings (SSSR count). The van der Waals surface area contributed by atoms with Crippen molar-refractivity contribution in [2.45, 2.75) is 25.4 Å². The van der Waals surface area contributed by atoms with Crippen LogP contribution in [0.3, 0.4) is 0 Å². The lowest BCUT2D eigenvalue weighted by molar-refractivity contribution is 0.195. The van der Waals surface area contributed by atoms with Crippen molar-refractivity contribution < 1.29 is 4.74 Å². The standard InChI is InChI=1S/C19H19NO/c1-3-7-17(4-2)21-19-9-6-5-8-18(19)16-12-10-15(14-20)11-13-16/h5-6,8-13,17H,1-4,7H2. The molecular weight excluding hydrogens is 258 g/mol. The molecule has 2 aromatic rings. The number of para-hydroxylation sites is 1. The maximum atomic E-state index is 8.88. The van der Waals surface area contributed by atoms with Crippen molar-refractivity contribution in [1.82, 2.24) is 0 Å². The van der Waals surface area contributed by atoms with Gasteiger partial charge in [0.1, 0.15) is 5.75 Å². The van der Waals surface area contributed by atoms with Gasteiger partial charge in [-0.05, 0) is 49.9 Å². The van der Waals surface area contributed by atoms with E-state index < -0.39 is 0 Å². The van der Waals surface area contributed by atoms with Crippen molar-refractivity contribution in [3.05, 3.63) is 67.9 Å². The summed E-state index contributed by atoms with van der Waals surface area (Å²) >= 11 is 0. The average Bonchev–Trinajstić information content (AvgIpc) is 2.55. The van der Waals surface area contributed by atoms with E-state index in [1.807, 2.05) is 48.5 Å². The highest BCUT2D eigenvalue weighted by Crippen LogP contribution is 2.31. The third-order valence-electron chi connectivity index (χ3n) is 3.35. The highest BCUT2D eigenvalue weighted by atomic mass is 16.5. The van der Waals surface area contributed by atoms with Crippen molar-refractivity contribution in [2.24, 2.45) is 0 Å². The Hall–Kier alpha value is -2.27. The molecule has 0 heterocycles. The SMILES string of the molecule is [CH2]CCC(C[CH2])Oc1ccccc1-c1ccc(C#N)cc1. The Morgan fingerprint density at radius 1 is 1.05 bits per heavy atom. The molecule has 0 bridgehead atoms. The van der Waals surface area contributed by atoms with E-state index in [-0.39, 0.29) is 6.10 Å². The van der Waals surface area contributed by atoms with Crippen LogP contribution in [0.15, 0.2) is 48.5 Å². The molecule has 0 saturated heterocycles. The Morgan fingerprint density at radius 2 is 1.76 bits per heavy atom. The van der Waals surface area contributed by atoms with E-state index in [1.54, 1.807) is 0 Å². The Balaban J connectivity index is 2.29. The van der Waals surface area contributed by atoms with Crippen LogP contribution in [-0.4, -0.2) is 6.10 Å². The largest absolute Gasteiger partial charge is 0.490 e. The van der Waals surface area contributed by atoms with Gasteiger partial charge in [-0.2, -0.15) is 5.26 Å². The Morgan fingerprint density at radius 3 is 2.38 bits per heavy atom. The molecule has 0 aliphatic carbocycles. The summed E-state index contributed by atoms with van der Waals surface area (Å²) in [6, 6.07) is 17.6. The van der Waals surface area contributed by atoms with E-state index in [9.17, 15) is 0 Å². The molecule has 0 amide bonds. The second-order valence-corrected chi connectivity index (χ2v) is 4.86. The minimum absolute atomic E-state index is 0.0852. The van der Waals surface area contributed by atoms with Crippen LogP contribution in [0, 0.1) is 25.2 Å². The Labute approximate surface area is 127 Å². The van der Waals surface area contributed by atoms with Gasteiger partial charge in [0.2, 0.25) is 0 Å². The molecule has 0 saturated carbocycles. The van der Waals surface area contributed by atoms with Gasteiger partial charge in [0.25, 0.3) is 0 Å². The van der Waals surface area contributed by atoms with E-state index in [0.717, 1.165) is 36.1 Å². The van der Waals surface area contributed by atoms with Crippen LogP contribution in [0.25, 0.3) is 11.1 Å². The first-order valence-electron chi connectivity index (χ1n) is 7.13. The first-order chi connectivity index (χ1) is 10.3. The Kier molecular flexibility index (Phi) is 5.40. The topological polar surface area (TPSA) is 33.0 Å². The van der Waals surface area contributed by atoms with Crippen molar-refractivity contribution >= 4 is 0 Å². The third-order valence-corrected chi connectivity index (χ3v) is 3.35. The maximum Gasteiger partial charge on any atom is 0.127 e. The highest BCUT2D eigenvalue weighted by Gasteiger charge is 2.11. The molecule has 0 aromatic heterocycles. The quantitative estimate of drug-likeness (QED) is 0.759. The number of nitriles is 1. The predicted octanol–water partition coefficient (Wildman–Crippen LogP) is 4.81. The number of ether oxygens (including phenoxy) is 1. The summed E-state index contributed by atoms with van der Waals surface area (Å²) in [5.74, 6) is 0.851. The molecule has 2 heteroatoms. The third kappa shape index (κ3) is 3.86. The molecule has 2 nitrogen and oxygen atoms in total. The number of hydrogen-bond acceptors (Lipinski definition) is 2. The molecule has 0 aliphatic heterocycles. The highest BCUT2D eigenvalue weighted by molar-refractivity contribution is 5.70. The molecule has 0 aliphatic rings. The number of rotatable bonds is 6. The second-order valence-electron chi connectivity index (χ2n) is 4.86. The molecular formula is C19H19NO. The lowest BCUT2D eigenvalue weighted by Gasteiger charge is -2.19. The van der Waals surface area contributed by atoms with Crippen LogP contribution in [-0.2, 0) is 0 Å². The summed E-state index contributed by atoms with van der Waals surface area (Å²) in [5.41, 5.74) is 2.73. The fourth-order valence-corrected chi connectivity index (χ4v) is 2.20. The minimum Gasteiger partial charge on any atom is -0.490 e. The van der Waals surface area contributed by atoms with Gasteiger partial charge in [-0.3, -0.25) is 0 Å². The van der Waals surface area contributed by atoms with Gasteiger partial charge in [-0.1, -0.05) is 37.3 Å². The molecule has 0 N–H and O–H groups in total. The Bertz CT molecular complexity index is 610. The summed E-state index contributed by atoms with van der Waals surface area (Å²) < 4.78 is 6.08. The van der Waals surface area contributed by atoms with Gasteiger partial charge in [-0.15, -0.1) is 0 Å². The molecule has 1 unspecified atom stereocenters. The van der Waals surface area contributed by atoms with Gasteiger partial charge >= 0.3 is 0 Å². The monoisotopic (exact) mass is 277 g/mol. The summed E-state index contributed by atoms with van der Waals surface area (Å²) in [4.78, 5) is 0. The summed E-state index contributed by atoms with van der Waals surface area (Å²) in [7, 11) is 0. The molecule has 106 valence electrons. The molecule has 21 heavy (non-hydrogen) atoms. The molecule has 1 atom stereocenters. The molecule has 0 fully saturated rings. The van der Waals surface area contributed by atoms with Crippen molar-refractivity contribution in [1.29, 1.82) is 5.26 Å². The van der Waals surface area contributed by atoms with Crippen LogP contribution in [0.4, 0.5) is 0 Å². The fraction of sp³-hybridized carbons (Fsp3) is 0.211.